The largest absolute Gasteiger partial charge is 0.395 e. The van der Waals surface area contributed by atoms with Crippen molar-refractivity contribution in [3.63, 3.8) is 0 Å². The van der Waals surface area contributed by atoms with Gasteiger partial charge in [-0.25, -0.2) is 5.01 Å². The summed E-state index contributed by atoms with van der Waals surface area (Å²) in [4.78, 5) is 0. The molecule has 0 amide bonds. The SMILES string of the molecule is B/C(=C/C)N1N=C(NCCO)C=CC1=CC. The molecule has 2 N–H and O–H groups in total. The molecule has 1 rings (SSSR count). The van der Waals surface area contributed by atoms with Gasteiger partial charge in [0.25, 0.3) is 0 Å². The average molecular weight is 219 g/mol. The van der Waals surface area contributed by atoms with E-state index in [-0.39, 0.29) is 6.61 Å². The number of amidine groups is 1. The first-order valence-corrected chi connectivity index (χ1v) is 5.43. The van der Waals surface area contributed by atoms with Gasteiger partial charge in [0.05, 0.1) is 12.3 Å². The molecule has 16 heavy (non-hydrogen) atoms. The van der Waals surface area contributed by atoms with Crippen molar-refractivity contribution in [1.29, 1.82) is 0 Å². The maximum Gasteiger partial charge on any atom is 0.163 e. The van der Waals surface area contributed by atoms with Crippen molar-refractivity contribution in [2.75, 3.05) is 13.2 Å². The second-order valence-corrected chi connectivity index (χ2v) is 3.42. The molecule has 0 aromatic rings. The summed E-state index contributed by atoms with van der Waals surface area (Å²) in [6.45, 7) is 4.58. The number of hydrazone groups is 1. The molecule has 0 saturated carbocycles. The van der Waals surface area contributed by atoms with Gasteiger partial charge in [-0.1, -0.05) is 12.2 Å². The molecule has 86 valence electrons. The van der Waals surface area contributed by atoms with Crippen molar-refractivity contribution >= 4 is 13.7 Å². The Hall–Kier alpha value is -1.49. The Morgan fingerprint density at radius 2 is 2.31 bits per heavy atom. The Labute approximate surface area is 97.4 Å². The second kappa shape index (κ2) is 6.17. The predicted octanol–water partition coefficient (Wildman–Crippen LogP) is 0.152. The second-order valence-electron chi connectivity index (χ2n) is 3.42. The lowest BCUT2D eigenvalue weighted by molar-refractivity contribution is 0.300. The Bertz CT molecular complexity index is 358. The molecule has 1 aliphatic heterocycles. The minimum absolute atomic E-state index is 0.103. The standard InChI is InChI=1S/C11H18BN3O/c1-3-9-5-6-11(13-7-8-16)14-15(9)10(12)4-2/h3-6,16H,7-8,12H2,1-2H3,(H,13,14)/b9-3?,10-4-. The van der Waals surface area contributed by atoms with E-state index in [4.69, 9.17) is 5.11 Å². The van der Waals surface area contributed by atoms with Crippen LogP contribution in [0.2, 0.25) is 0 Å². The third-order valence-corrected chi connectivity index (χ3v) is 2.33. The van der Waals surface area contributed by atoms with Crippen LogP contribution in [0.4, 0.5) is 0 Å². The van der Waals surface area contributed by atoms with Crippen LogP contribution in [0.5, 0.6) is 0 Å². The molecule has 0 spiro atoms. The third kappa shape index (κ3) is 3.00. The maximum absolute atomic E-state index is 8.74. The summed E-state index contributed by atoms with van der Waals surface area (Å²) in [5.74, 6) is 0.765. The normalized spacial score (nSPS) is 18.9. The van der Waals surface area contributed by atoms with Gasteiger partial charge in [-0.3, -0.25) is 0 Å². The monoisotopic (exact) mass is 219 g/mol. The summed E-state index contributed by atoms with van der Waals surface area (Å²) in [7, 11) is 2.01. The smallest absolute Gasteiger partial charge is 0.163 e. The molecular weight excluding hydrogens is 201 g/mol. The number of aliphatic hydroxyl groups is 1. The van der Waals surface area contributed by atoms with Crippen molar-refractivity contribution in [3.05, 3.63) is 35.6 Å². The lowest BCUT2D eigenvalue weighted by atomic mass is 10.0. The van der Waals surface area contributed by atoms with E-state index in [9.17, 15) is 0 Å². The molecule has 0 aliphatic carbocycles. The quantitative estimate of drug-likeness (QED) is 0.664. The van der Waals surface area contributed by atoms with Gasteiger partial charge in [-0.15, -0.1) is 0 Å². The fraction of sp³-hybridized carbons (Fsp3) is 0.364. The number of aliphatic hydroxyl groups excluding tert-OH is 1. The molecule has 4 nitrogen and oxygen atoms in total. The highest BCUT2D eigenvalue weighted by Gasteiger charge is 2.12. The van der Waals surface area contributed by atoms with Crippen LogP contribution >= 0.6 is 0 Å². The highest BCUT2D eigenvalue weighted by Crippen LogP contribution is 2.16. The molecule has 0 aromatic carbocycles. The Morgan fingerprint density at radius 1 is 1.56 bits per heavy atom. The summed E-state index contributed by atoms with van der Waals surface area (Å²) in [5, 5.41) is 18.1. The van der Waals surface area contributed by atoms with Gasteiger partial charge in [0.1, 0.15) is 5.84 Å². The van der Waals surface area contributed by atoms with Gasteiger partial charge < -0.3 is 10.4 Å². The molecule has 0 bridgehead atoms. The zero-order valence-corrected chi connectivity index (χ0v) is 10.1. The molecule has 0 fully saturated rings. The van der Waals surface area contributed by atoms with Crippen LogP contribution in [0.15, 0.2) is 40.7 Å². The number of hydrogen-bond acceptors (Lipinski definition) is 4. The van der Waals surface area contributed by atoms with E-state index >= 15 is 0 Å². The van der Waals surface area contributed by atoms with Crippen LogP contribution in [-0.2, 0) is 0 Å². The van der Waals surface area contributed by atoms with Crippen LogP contribution in [-0.4, -0.2) is 36.9 Å². The van der Waals surface area contributed by atoms with Crippen LogP contribution in [0.3, 0.4) is 0 Å². The van der Waals surface area contributed by atoms with Crippen molar-refractivity contribution < 1.29 is 5.11 Å². The summed E-state index contributed by atoms with van der Waals surface area (Å²) in [5.41, 5.74) is 2.12. The van der Waals surface area contributed by atoms with E-state index in [1.54, 1.807) is 0 Å². The van der Waals surface area contributed by atoms with Crippen LogP contribution in [0.25, 0.3) is 0 Å². The minimum Gasteiger partial charge on any atom is -0.395 e. The van der Waals surface area contributed by atoms with Gasteiger partial charge in [0.15, 0.2) is 7.85 Å². The molecule has 0 radical (unpaired) electrons. The van der Waals surface area contributed by atoms with E-state index in [0.29, 0.717) is 6.54 Å². The molecular formula is C11H18BN3O. The van der Waals surface area contributed by atoms with Crippen LogP contribution < -0.4 is 5.32 Å². The van der Waals surface area contributed by atoms with Crippen molar-refractivity contribution in [3.8, 4) is 0 Å². The lowest BCUT2D eigenvalue weighted by Crippen LogP contribution is -2.31. The molecule has 5 heteroatoms. The average Bonchev–Trinajstić information content (AvgIpc) is 2.35. The summed E-state index contributed by atoms with van der Waals surface area (Å²) in [6, 6.07) is 0. The topological polar surface area (TPSA) is 47.9 Å². The van der Waals surface area contributed by atoms with E-state index in [2.05, 4.69) is 10.4 Å². The molecule has 0 atom stereocenters. The first-order chi connectivity index (χ1) is 7.72. The van der Waals surface area contributed by atoms with E-state index in [0.717, 1.165) is 17.1 Å². The van der Waals surface area contributed by atoms with E-state index in [1.807, 2.05) is 51.0 Å². The first kappa shape index (κ1) is 12.6. The summed E-state index contributed by atoms with van der Waals surface area (Å²) in [6.07, 6.45) is 7.93. The van der Waals surface area contributed by atoms with Gasteiger partial charge in [0, 0.05) is 6.54 Å². The number of allylic oxidation sites excluding steroid dienone is 3. The van der Waals surface area contributed by atoms with Crippen molar-refractivity contribution in [2.24, 2.45) is 5.10 Å². The maximum atomic E-state index is 8.74. The lowest BCUT2D eigenvalue weighted by Gasteiger charge is -2.25. The van der Waals surface area contributed by atoms with Crippen molar-refractivity contribution in [1.82, 2.24) is 10.3 Å². The van der Waals surface area contributed by atoms with Crippen LogP contribution in [0.1, 0.15) is 13.8 Å². The minimum atomic E-state index is 0.103. The molecule has 0 saturated heterocycles. The first-order valence-electron chi connectivity index (χ1n) is 5.43. The molecule has 0 aromatic heterocycles. The molecule has 0 unspecified atom stereocenters. The van der Waals surface area contributed by atoms with Gasteiger partial charge in [-0.2, -0.15) is 5.10 Å². The highest BCUT2D eigenvalue weighted by atomic mass is 16.3. The van der Waals surface area contributed by atoms with Crippen molar-refractivity contribution in [2.45, 2.75) is 13.8 Å². The highest BCUT2D eigenvalue weighted by molar-refractivity contribution is 6.21. The fourth-order valence-corrected chi connectivity index (χ4v) is 1.34. The summed E-state index contributed by atoms with van der Waals surface area (Å²) < 4.78 is 0. The number of hydrogen-bond donors (Lipinski definition) is 2. The zero-order valence-electron chi connectivity index (χ0n) is 10.1. The van der Waals surface area contributed by atoms with Gasteiger partial charge in [-0.05, 0) is 31.6 Å². The van der Waals surface area contributed by atoms with Gasteiger partial charge in [0.2, 0.25) is 0 Å². The molecule has 1 heterocycles. The number of rotatable bonds is 3. The van der Waals surface area contributed by atoms with Gasteiger partial charge >= 0.3 is 0 Å². The zero-order chi connectivity index (χ0) is 12.0. The Kier molecular flexibility index (Phi) is 4.86. The Balaban J connectivity index is 2.85. The fourth-order valence-electron chi connectivity index (χ4n) is 1.34. The van der Waals surface area contributed by atoms with E-state index in [1.165, 1.54) is 0 Å². The van der Waals surface area contributed by atoms with Crippen LogP contribution in [0, 0.1) is 0 Å². The Morgan fingerprint density at radius 3 is 2.88 bits per heavy atom. The third-order valence-electron chi connectivity index (χ3n) is 2.33. The summed E-state index contributed by atoms with van der Waals surface area (Å²) >= 11 is 0. The predicted molar refractivity (Wildman–Crippen MR) is 69.6 cm³/mol. The van der Waals surface area contributed by atoms with E-state index < -0.39 is 0 Å². The number of nitrogens with one attached hydrogen (secondary N) is 1. The number of nitrogens with zero attached hydrogens (tertiary/aromatic N) is 2. The molecule has 1 aliphatic rings.